The second kappa shape index (κ2) is 9.60. The summed E-state index contributed by atoms with van der Waals surface area (Å²) < 4.78 is 46.9. The van der Waals surface area contributed by atoms with Crippen LogP contribution < -0.4 is 14.8 Å². The maximum Gasteiger partial charge on any atom is 0.573 e. The number of amides is 1. The second-order valence-corrected chi connectivity index (χ2v) is 6.08. The second-order valence-electron chi connectivity index (χ2n) is 6.08. The molecule has 0 radical (unpaired) electrons. The van der Waals surface area contributed by atoms with Crippen molar-refractivity contribution < 1.29 is 27.4 Å². The molecule has 154 valence electrons. The Hall–Kier alpha value is -3.81. The molecule has 0 spiro atoms. The Labute approximate surface area is 170 Å². The Morgan fingerprint density at radius 2 is 1.73 bits per heavy atom. The minimum atomic E-state index is -4.81. The first-order valence-corrected chi connectivity index (χ1v) is 8.86. The summed E-state index contributed by atoms with van der Waals surface area (Å²) in [7, 11) is 0. The molecule has 0 aliphatic carbocycles. The summed E-state index contributed by atoms with van der Waals surface area (Å²) in [5.74, 6) is -0.421. The standard InChI is InChI=1S/C22H17F3N2O3/c23-22(24,25)30-20-6-2-1-5-19(20)29-18-10-7-17(8-11-18)15-27-21(28)12-9-16-4-3-13-26-14-16/h1-14H,15H2,(H,27,28)/b12-9+. The number of pyridine rings is 1. The lowest BCUT2D eigenvalue weighted by Gasteiger charge is -2.14. The first-order valence-electron chi connectivity index (χ1n) is 8.86. The number of hydrogen-bond acceptors (Lipinski definition) is 4. The predicted molar refractivity (Wildman–Crippen MR) is 105 cm³/mol. The summed E-state index contributed by atoms with van der Waals surface area (Å²) in [6.07, 6.45) is 1.53. The van der Waals surface area contributed by atoms with Gasteiger partial charge >= 0.3 is 6.36 Å². The van der Waals surface area contributed by atoms with Gasteiger partial charge in [0.2, 0.25) is 5.91 Å². The summed E-state index contributed by atoms with van der Waals surface area (Å²) in [4.78, 5) is 15.9. The van der Waals surface area contributed by atoms with Gasteiger partial charge in [-0.25, -0.2) is 0 Å². The molecule has 1 aromatic heterocycles. The lowest BCUT2D eigenvalue weighted by atomic mass is 10.2. The monoisotopic (exact) mass is 414 g/mol. The van der Waals surface area contributed by atoms with Crippen LogP contribution in [0.4, 0.5) is 13.2 Å². The molecule has 0 aliphatic heterocycles. The summed E-state index contributed by atoms with van der Waals surface area (Å²) in [5.41, 5.74) is 1.61. The molecule has 8 heteroatoms. The SMILES string of the molecule is O=C(/C=C/c1cccnc1)NCc1ccc(Oc2ccccc2OC(F)(F)F)cc1. The molecule has 2 aromatic carbocycles. The fourth-order valence-corrected chi connectivity index (χ4v) is 2.44. The van der Waals surface area contributed by atoms with Crippen molar-refractivity contribution in [2.75, 3.05) is 0 Å². The number of carbonyl (C=O) groups is 1. The molecule has 0 saturated carbocycles. The van der Waals surface area contributed by atoms with Crippen LogP contribution in [0.2, 0.25) is 0 Å². The number of aromatic nitrogens is 1. The summed E-state index contributed by atoms with van der Waals surface area (Å²) in [5, 5.41) is 2.74. The van der Waals surface area contributed by atoms with Crippen LogP contribution in [0, 0.1) is 0 Å². The van der Waals surface area contributed by atoms with Gasteiger partial charge in [0.1, 0.15) is 5.75 Å². The van der Waals surface area contributed by atoms with Crippen LogP contribution in [0.1, 0.15) is 11.1 Å². The smallest absolute Gasteiger partial charge is 0.453 e. The van der Waals surface area contributed by atoms with Gasteiger partial charge < -0.3 is 14.8 Å². The van der Waals surface area contributed by atoms with Crippen molar-refractivity contribution in [1.29, 1.82) is 0 Å². The van der Waals surface area contributed by atoms with Crippen molar-refractivity contribution in [3.63, 3.8) is 0 Å². The molecule has 0 fully saturated rings. The van der Waals surface area contributed by atoms with E-state index in [1.807, 2.05) is 6.07 Å². The van der Waals surface area contributed by atoms with Gasteiger partial charge in [-0.3, -0.25) is 9.78 Å². The normalized spacial score (nSPS) is 11.3. The number of ether oxygens (including phenoxy) is 2. The Bertz CT molecular complexity index is 1000. The maximum atomic E-state index is 12.5. The van der Waals surface area contributed by atoms with Crippen LogP contribution in [0.5, 0.6) is 17.2 Å². The van der Waals surface area contributed by atoms with Gasteiger partial charge in [-0.05, 0) is 47.5 Å². The maximum absolute atomic E-state index is 12.5. The summed E-state index contributed by atoms with van der Waals surface area (Å²) in [6.45, 7) is 0.282. The highest BCUT2D eigenvalue weighted by Crippen LogP contribution is 2.34. The van der Waals surface area contributed by atoms with E-state index in [1.165, 1.54) is 24.3 Å². The first kappa shape index (κ1) is 20.9. The zero-order valence-corrected chi connectivity index (χ0v) is 15.6. The average Bonchev–Trinajstić information content (AvgIpc) is 2.73. The molecular weight excluding hydrogens is 397 g/mol. The van der Waals surface area contributed by atoms with Crippen LogP contribution in [-0.4, -0.2) is 17.3 Å². The molecule has 1 heterocycles. The van der Waals surface area contributed by atoms with Crippen LogP contribution in [-0.2, 0) is 11.3 Å². The number of para-hydroxylation sites is 2. The highest BCUT2D eigenvalue weighted by atomic mass is 19.4. The Kier molecular flexibility index (Phi) is 6.69. The molecule has 3 aromatic rings. The van der Waals surface area contributed by atoms with Crippen molar-refractivity contribution in [2.45, 2.75) is 12.9 Å². The molecule has 0 bridgehead atoms. The van der Waals surface area contributed by atoms with Crippen molar-refractivity contribution >= 4 is 12.0 Å². The van der Waals surface area contributed by atoms with Crippen LogP contribution >= 0.6 is 0 Å². The fourth-order valence-electron chi connectivity index (χ4n) is 2.44. The summed E-state index contributed by atoms with van der Waals surface area (Å²) in [6, 6.07) is 15.7. The highest BCUT2D eigenvalue weighted by Gasteiger charge is 2.32. The third-order valence-electron chi connectivity index (χ3n) is 3.80. The van der Waals surface area contributed by atoms with Gasteiger partial charge in [0, 0.05) is 25.0 Å². The molecule has 30 heavy (non-hydrogen) atoms. The number of carbonyl (C=O) groups excluding carboxylic acids is 1. The Morgan fingerprint density at radius 3 is 2.40 bits per heavy atom. The zero-order valence-electron chi connectivity index (χ0n) is 15.6. The van der Waals surface area contributed by atoms with Crippen LogP contribution in [0.15, 0.2) is 79.1 Å². The van der Waals surface area contributed by atoms with E-state index in [9.17, 15) is 18.0 Å². The van der Waals surface area contributed by atoms with Crippen molar-refractivity contribution in [3.8, 4) is 17.2 Å². The molecule has 0 unspecified atom stereocenters. The van der Waals surface area contributed by atoms with Gasteiger partial charge in [0.25, 0.3) is 0 Å². The van der Waals surface area contributed by atoms with E-state index in [0.717, 1.165) is 11.1 Å². The molecule has 0 aliphatic rings. The molecule has 0 saturated heterocycles. The van der Waals surface area contributed by atoms with E-state index >= 15 is 0 Å². The van der Waals surface area contributed by atoms with Gasteiger partial charge in [-0.15, -0.1) is 13.2 Å². The lowest BCUT2D eigenvalue weighted by molar-refractivity contribution is -0.275. The third-order valence-corrected chi connectivity index (χ3v) is 3.80. The van der Waals surface area contributed by atoms with Gasteiger partial charge in [-0.2, -0.15) is 0 Å². The van der Waals surface area contributed by atoms with E-state index < -0.39 is 12.1 Å². The highest BCUT2D eigenvalue weighted by molar-refractivity contribution is 5.91. The van der Waals surface area contributed by atoms with Crippen LogP contribution in [0.3, 0.4) is 0 Å². The number of alkyl halides is 3. The Morgan fingerprint density at radius 1 is 1.00 bits per heavy atom. The number of nitrogens with one attached hydrogen (secondary N) is 1. The van der Waals surface area contributed by atoms with E-state index in [2.05, 4.69) is 15.0 Å². The molecule has 1 amide bonds. The largest absolute Gasteiger partial charge is 0.573 e. The quantitative estimate of drug-likeness (QED) is 0.547. The molecular formula is C22H17F3N2O3. The lowest BCUT2D eigenvalue weighted by Crippen LogP contribution is -2.20. The van der Waals surface area contributed by atoms with E-state index in [0.29, 0.717) is 5.75 Å². The van der Waals surface area contributed by atoms with E-state index in [-0.39, 0.29) is 18.2 Å². The third kappa shape index (κ3) is 6.66. The number of benzene rings is 2. The van der Waals surface area contributed by atoms with Crippen molar-refractivity contribution in [3.05, 3.63) is 90.3 Å². The van der Waals surface area contributed by atoms with Crippen molar-refractivity contribution in [1.82, 2.24) is 10.3 Å². The number of halogens is 3. The zero-order chi connectivity index (χ0) is 21.4. The first-order chi connectivity index (χ1) is 14.4. The van der Waals surface area contributed by atoms with Gasteiger partial charge in [-0.1, -0.05) is 30.3 Å². The molecule has 1 N–H and O–H groups in total. The van der Waals surface area contributed by atoms with E-state index in [1.54, 1.807) is 54.9 Å². The van der Waals surface area contributed by atoms with E-state index in [4.69, 9.17) is 4.74 Å². The number of nitrogens with zero attached hydrogens (tertiary/aromatic N) is 1. The van der Waals surface area contributed by atoms with Gasteiger partial charge in [0.15, 0.2) is 11.5 Å². The topological polar surface area (TPSA) is 60.5 Å². The Balaban J connectivity index is 1.56. The fraction of sp³-hybridized carbons (Fsp3) is 0.0909. The number of hydrogen-bond donors (Lipinski definition) is 1. The molecule has 3 rings (SSSR count). The van der Waals surface area contributed by atoms with Crippen LogP contribution in [0.25, 0.3) is 6.08 Å². The molecule has 5 nitrogen and oxygen atoms in total. The molecule has 0 atom stereocenters. The minimum Gasteiger partial charge on any atom is -0.453 e. The van der Waals surface area contributed by atoms with Crippen molar-refractivity contribution in [2.24, 2.45) is 0 Å². The predicted octanol–water partition coefficient (Wildman–Crippen LogP) is 5.10. The summed E-state index contributed by atoms with van der Waals surface area (Å²) >= 11 is 0. The van der Waals surface area contributed by atoms with Gasteiger partial charge in [0.05, 0.1) is 0 Å². The minimum absolute atomic E-state index is 0.0589. The average molecular weight is 414 g/mol. The number of rotatable bonds is 7.